The first-order valence-electron chi connectivity index (χ1n) is 7.98. The first-order valence-corrected chi connectivity index (χ1v) is 7.98. The van der Waals surface area contributed by atoms with E-state index < -0.39 is 23.2 Å². The largest absolute Gasteiger partial charge is 0.481 e. The highest BCUT2D eigenvalue weighted by atomic mass is 16.6. The lowest BCUT2D eigenvalue weighted by molar-refractivity contribution is -0.138. The number of hydrogen-bond donors (Lipinski definition) is 2. The minimum Gasteiger partial charge on any atom is -0.481 e. The van der Waals surface area contributed by atoms with E-state index in [9.17, 15) is 14.7 Å². The Morgan fingerprint density at radius 1 is 1.29 bits per heavy atom. The van der Waals surface area contributed by atoms with Crippen LogP contribution >= 0.6 is 0 Å². The molecule has 0 heterocycles. The maximum absolute atomic E-state index is 12.3. The fraction of sp³-hybridized carbons (Fsp3) is 0.474. The Morgan fingerprint density at radius 3 is 2.33 bits per heavy atom. The summed E-state index contributed by atoms with van der Waals surface area (Å²) >= 11 is 0. The van der Waals surface area contributed by atoms with E-state index in [1.165, 1.54) is 0 Å². The zero-order chi connectivity index (χ0) is 18.4. The molecule has 0 aromatic heterocycles. The quantitative estimate of drug-likeness (QED) is 0.737. The number of hydrogen-bond acceptors (Lipinski definition) is 3. The van der Waals surface area contributed by atoms with Crippen molar-refractivity contribution in [1.82, 2.24) is 5.32 Å². The molecule has 0 radical (unpaired) electrons. The summed E-state index contributed by atoms with van der Waals surface area (Å²) in [5.74, 6) is -1.23. The predicted octanol–water partition coefficient (Wildman–Crippen LogP) is 4.10. The zero-order valence-electron chi connectivity index (χ0n) is 14.8. The summed E-state index contributed by atoms with van der Waals surface area (Å²) < 4.78 is 5.33. The van der Waals surface area contributed by atoms with Gasteiger partial charge in [0.1, 0.15) is 5.60 Å². The highest BCUT2D eigenvalue weighted by Crippen LogP contribution is 2.34. The van der Waals surface area contributed by atoms with Crippen molar-refractivity contribution >= 4 is 12.1 Å². The van der Waals surface area contributed by atoms with Gasteiger partial charge in [-0.25, -0.2) is 4.79 Å². The molecule has 2 atom stereocenters. The van der Waals surface area contributed by atoms with E-state index >= 15 is 0 Å². The molecule has 0 aliphatic carbocycles. The van der Waals surface area contributed by atoms with E-state index in [0.29, 0.717) is 6.42 Å². The number of aliphatic carboxylic acids is 1. The molecule has 5 heteroatoms. The molecule has 24 heavy (non-hydrogen) atoms. The second-order valence-corrected chi connectivity index (χ2v) is 6.98. The molecule has 1 amide bonds. The van der Waals surface area contributed by atoms with Gasteiger partial charge in [0.2, 0.25) is 0 Å². The molecule has 0 bridgehead atoms. The average Bonchev–Trinajstić information content (AvgIpc) is 2.44. The summed E-state index contributed by atoms with van der Waals surface area (Å²) in [5, 5.41) is 12.2. The number of carbonyl (C=O) groups excluding carboxylic acids is 1. The Hall–Kier alpha value is -2.30. The van der Waals surface area contributed by atoms with Gasteiger partial charge in [-0.15, -0.1) is 6.58 Å². The summed E-state index contributed by atoms with van der Waals surface area (Å²) in [6.45, 7) is 10.9. The molecular formula is C19H27NO4. The molecule has 0 saturated carbocycles. The van der Waals surface area contributed by atoms with Gasteiger partial charge in [0, 0.05) is 5.92 Å². The lowest BCUT2D eigenvalue weighted by Crippen LogP contribution is -2.54. The van der Waals surface area contributed by atoms with E-state index in [1.54, 1.807) is 26.8 Å². The van der Waals surface area contributed by atoms with Gasteiger partial charge >= 0.3 is 12.1 Å². The fourth-order valence-corrected chi connectivity index (χ4v) is 2.70. The third kappa shape index (κ3) is 5.72. The Balaban J connectivity index is 3.20. The Bertz CT molecular complexity index is 577. The minimum absolute atomic E-state index is 0.228. The normalized spacial score (nSPS) is 15.0. The van der Waals surface area contributed by atoms with Crippen LogP contribution in [0.4, 0.5) is 4.79 Å². The average molecular weight is 333 g/mol. The van der Waals surface area contributed by atoms with E-state index in [-0.39, 0.29) is 12.3 Å². The first kappa shape index (κ1) is 19.7. The second-order valence-electron chi connectivity index (χ2n) is 6.98. The van der Waals surface area contributed by atoms with Crippen molar-refractivity contribution < 1.29 is 19.4 Å². The van der Waals surface area contributed by atoms with Crippen molar-refractivity contribution in [3.05, 3.63) is 48.6 Å². The molecule has 0 aliphatic rings. The van der Waals surface area contributed by atoms with Crippen molar-refractivity contribution in [2.24, 2.45) is 0 Å². The smallest absolute Gasteiger partial charge is 0.408 e. The van der Waals surface area contributed by atoms with Gasteiger partial charge in [0.05, 0.1) is 12.0 Å². The summed E-state index contributed by atoms with van der Waals surface area (Å²) in [7, 11) is 0. The molecule has 132 valence electrons. The lowest BCUT2D eigenvalue weighted by atomic mass is 9.75. The van der Waals surface area contributed by atoms with Crippen molar-refractivity contribution in [2.45, 2.75) is 57.6 Å². The molecular weight excluding hydrogens is 306 g/mol. The van der Waals surface area contributed by atoms with Crippen LogP contribution in [0.2, 0.25) is 0 Å². The van der Waals surface area contributed by atoms with Crippen LogP contribution in [-0.2, 0) is 9.53 Å². The topological polar surface area (TPSA) is 75.6 Å². The predicted molar refractivity (Wildman–Crippen MR) is 94.0 cm³/mol. The fourth-order valence-electron chi connectivity index (χ4n) is 2.70. The van der Waals surface area contributed by atoms with Gasteiger partial charge in [0.15, 0.2) is 0 Å². The number of nitrogens with one attached hydrogen (secondary N) is 1. The van der Waals surface area contributed by atoms with Crippen molar-refractivity contribution in [3.63, 3.8) is 0 Å². The van der Waals surface area contributed by atoms with Crippen molar-refractivity contribution in [3.8, 4) is 0 Å². The SMILES string of the molecule is C=CCC(CC(=O)O)(NC(=O)OC(C)(C)C)C(C)c1ccccc1. The third-order valence-electron chi connectivity index (χ3n) is 3.85. The van der Waals surface area contributed by atoms with E-state index in [4.69, 9.17) is 4.74 Å². The Morgan fingerprint density at radius 2 is 1.88 bits per heavy atom. The van der Waals surface area contributed by atoms with Gasteiger partial charge in [-0.1, -0.05) is 43.3 Å². The standard InChI is InChI=1S/C19H27NO4/c1-6-12-19(13-16(21)22,20-17(23)24-18(3,4)5)14(2)15-10-8-7-9-11-15/h6-11,14H,1,12-13H2,2-5H3,(H,20,23)(H,21,22). The minimum atomic E-state index is -1.02. The van der Waals surface area contributed by atoms with Crippen LogP contribution in [-0.4, -0.2) is 28.3 Å². The number of carbonyl (C=O) groups is 2. The number of rotatable bonds is 7. The Labute approximate surface area is 143 Å². The van der Waals surface area contributed by atoms with Crippen LogP contribution in [0.25, 0.3) is 0 Å². The van der Waals surface area contributed by atoms with Gasteiger partial charge < -0.3 is 15.2 Å². The highest BCUT2D eigenvalue weighted by molar-refractivity contribution is 5.73. The summed E-state index contributed by atoms with van der Waals surface area (Å²) in [6, 6.07) is 9.50. The van der Waals surface area contributed by atoms with Crippen molar-refractivity contribution in [2.75, 3.05) is 0 Å². The number of ether oxygens (including phenoxy) is 1. The number of carboxylic acid groups (broad SMARTS) is 1. The molecule has 0 fully saturated rings. The number of alkyl carbamates (subject to hydrolysis) is 1. The maximum atomic E-state index is 12.3. The summed E-state index contributed by atoms with van der Waals surface area (Å²) in [4.78, 5) is 23.8. The Kier molecular flexibility index (Phi) is 6.58. The van der Waals surface area contributed by atoms with Crippen LogP contribution in [0, 0.1) is 0 Å². The van der Waals surface area contributed by atoms with E-state index in [0.717, 1.165) is 5.56 Å². The molecule has 0 saturated heterocycles. The highest BCUT2D eigenvalue weighted by Gasteiger charge is 2.40. The van der Waals surface area contributed by atoms with Crippen LogP contribution in [0.15, 0.2) is 43.0 Å². The third-order valence-corrected chi connectivity index (χ3v) is 3.85. The second kappa shape index (κ2) is 7.99. The van der Waals surface area contributed by atoms with Crippen molar-refractivity contribution in [1.29, 1.82) is 0 Å². The molecule has 0 spiro atoms. The van der Waals surface area contributed by atoms with E-state index in [2.05, 4.69) is 11.9 Å². The number of benzene rings is 1. The molecule has 1 aromatic rings. The van der Waals surface area contributed by atoms with Gasteiger partial charge in [-0.2, -0.15) is 0 Å². The monoisotopic (exact) mass is 333 g/mol. The van der Waals surface area contributed by atoms with Crippen LogP contribution in [0.1, 0.15) is 52.0 Å². The molecule has 2 N–H and O–H groups in total. The molecule has 2 unspecified atom stereocenters. The molecule has 1 aromatic carbocycles. The van der Waals surface area contributed by atoms with Gasteiger partial charge in [-0.3, -0.25) is 4.79 Å². The summed E-state index contributed by atoms with van der Waals surface area (Å²) in [5.41, 5.74) is -0.739. The summed E-state index contributed by atoms with van der Waals surface area (Å²) in [6.07, 6.45) is 1.08. The van der Waals surface area contributed by atoms with Crippen LogP contribution in [0.3, 0.4) is 0 Å². The first-order chi connectivity index (χ1) is 11.1. The van der Waals surface area contributed by atoms with E-state index in [1.807, 2.05) is 37.3 Å². The van der Waals surface area contributed by atoms with Gasteiger partial charge in [0.25, 0.3) is 0 Å². The van der Waals surface area contributed by atoms with Gasteiger partial charge in [-0.05, 0) is 32.8 Å². The van der Waals surface area contributed by atoms with Crippen LogP contribution in [0.5, 0.6) is 0 Å². The maximum Gasteiger partial charge on any atom is 0.408 e. The number of carboxylic acids is 1. The zero-order valence-corrected chi connectivity index (χ0v) is 14.8. The van der Waals surface area contributed by atoms with Crippen LogP contribution < -0.4 is 5.32 Å². The molecule has 5 nitrogen and oxygen atoms in total. The number of amides is 1. The lowest BCUT2D eigenvalue weighted by Gasteiger charge is -2.39. The molecule has 1 rings (SSSR count). The molecule has 0 aliphatic heterocycles.